The van der Waals surface area contributed by atoms with Gasteiger partial charge in [0.2, 0.25) is 0 Å². The van der Waals surface area contributed by atoms with E-state index >= 15 is 0 Å². The lowest BCUT2D eigenvalue weighted by atomic mass is 9.86. The Morgan fingerprint density at radius 3 is 2.57 bits per heavy atom. The molecule has 0 heterocycles. The van der Waals surface area contributed by atoms with Crippen LogP contribution in [0, 0.1) is 11.3 Å². The second-order valence-electron chi connectivity index (χ2n) is 3.69. The maximum absolute atomic E-state index is 8.99. The van der Waals surface area contributed by atoms with E-state index in [4.69, 9.17) is 11.0 Å². The number of benzene rings is 1. The summed E-state index contributed by atoms with van der Waals surface area (Å²) in [7, 11) is 0. The van der Waals surface area contributed by atoms with Crippen molar-refractivity contribution in [3.05, 3.63) is 23.8 Å². The Kier molecular flexibility index (Phi) is 3.07. The molecular weight excluding hydrogens is 192 g/mol. The third-order valence-corrected chi connectivity index (χ3v) is 3.03. The van der Waals surface area contributed by atoms with Gasteiger partial charge in [-0.1, -0.05) is 6.07 Å². The molecule has 2 N–H and O–H groups in total. The van der Waals surface area contributed by atoms with Crippen LogP contribution in [0.5, 0.6) is 0 Å². The van der Waals surface area contributed by atoms with Crippen LogP contribution in [0.25, 0.3) is 0 Å². The largest absolute Gasteiger partial charge is 0.398 e. The third-order valence-electron chi connectivity index (χ3n) is 2.23. The molecule has 0 amide bonds. The zero-order valence-electron chi connectivity index (χ0n) is 8.66. The summed E-state index contributed by atoms with van der Waals surface area (Å²) in [6.45, 7) is 3.81. The average molecular weight is 206 g/mol. The first-order valence-corrected chi connectivity index (χ1v) is 5.59. The van der Waals surface area contributed by atoms with E-state index in [-0.39, 0.29) is 0 Å². The van der Waals surface area contributed by atoms with Crippen molar-refractivity contribution in [3.8, 4) is 6.07 Å². The van der Waals surface area contributed by atoms with Gasteiger partial charge >= 0.3 is 0 Å². The van der Waals surface area contributed by atoms with Crippen LogP contribution in [0.1, 0.15) is 19.4 Å². The van der Waals surface area contributed by atoms with Gasteiger partial charge in [-0.3, -0.25) is 0 Å². The van der Waals surface area contributed by atoms with E-state index in [0.29, 0.717) is 0 Å². The van der Waals surface area contributed by atoms with Crippen molar-refractivity contribution in [1.29, 1.82) is 5.26 Å². The Labute approximate surface area is 89.1 Å². The van der Waals surface area contributed by atoms with Gasteiger partial charge in [-0.2, -0.15) is 5.26 Å². The van der Waals surface area contributed by atoms with Gasteiger partial charge in [0, 0.05) is 10.6 Å². The first-order valence-electron chi connectivity index (χ1n) is 4.36. The molecule has 3 heteroatoms. The first-order chi connectivity index (χ1) is 6.51. The van der Waals surface area contributed by atoms with Gasteiger partial charge in [-0.25, -0.2) is 0 Å². The van der Waals surface area contributed by atoms with Crippen molar-refractivity contribution in [2.75, 3.05) is 12.0 Å². The van der Waals surface area contributed by atoms with Gasteiger partial charge in [-0.15, -0.1) is 11.8 Å². The fourth-order valence-electron chi connectivity index (χ4n) is 1.16. The van der Waals surface area contributed by atoms with E-state index in [1.165, 1.54) is 0 Å². The van der Waals surface area contributed by atoms with Crippen molar-refractivity contribution in [2.24, 2.45) is 0 Å². The number of rotatable bonds is 2. The summed E-state index contributed by atoms with van der Waals surface area (Å²) >= 11 is 1.60. The van der Waals surface area contributed by atoms with Crippen LogP contribution >= 0.6 is 11.8 Å². The van der Waals surface area contributed by atoms with Gasteiger partial charge in [0.1, 0.15) is 0 Å². The summed E-state index contributed by atoms with van der Waals surface area (Å²) in [4.78, 5) is 1.03. The highest BCUT2D eigenvalue weighted by Gasteiger charge is 2.20. The van der Waals surface area contributed by atoms with Crippen LogP contribution < -0.4 is 5.73 Å². The molecule has 0 saturated carbocycles. The molecule has 0 fully saturated rings. The van der Waals surface area contributed by atoms with Crippen LogP contribution in [0.3, 0.4) is 0 Å². The lowest BCUT2D eigenvalue weighted by molar-refractivity contribution is 0.685. The Morgan fingerprint density at radius 1 is 1.43 bits per heavy atom. The van der Waals surface area contributed by atoms with E-state index in [0.717, 1.165) is 16.1 Å². The number of nitrogen functional groups attached to an aromatic ring is 1. The summed E-state index contributed by atoms with van der Waals surface area (Å²) in [5, 5.41) is 8.99. The van der Waals surface area contributed by atoms with Gasteiger partial charge < -0.3 is 5.73 Å². The maximum Gasteiger partial charge on any atom is 0.0766 e. The number of thioether (sulfide) groups is 1. The van der Waals surface area contributed by atoms with Crippen LogP contribution in [0.15, 0.2) is 23.1 Å². The van der Waals surface area contributed by atoms with Crippen molar-refractivity contribution in [2.45, 2.75) is 24.2 Å². The molecule has 0 radical (unpaired) electrons. The summed E-state index contributed by atoms with van der Waals surface area (Å²) < 4.78 is 0. The SMILES string of the molecule is CSc1cc(C(C)(C)C#N)ccc1N. The number of nitrogens with two attached hydrogens (primary N) is 1. The molecule has 14 heavy (non-hydrogen) atoms. The summed E-state index contributed by atoms with van der Waals surface area (Å²) in [5.74, 6) is 0. The molecule has 2 nitrogen and oxygen atoms in total. The van der Waals surface area contributed by atoms with Crippen molar-refractivity contribution < 1.29 is 0 Å². The van der Waals surface area contributed by atoms with Gasteiger partial charge in [0.25, 0.3) is 0 Å². The molecule has 0 atom stereocenters. The van der Waals surface area contributed by atoms with Crippen molar-refractivity contribution in [3.63, 3.8) is 0 Å². The minimum absolute atomic E-state index is 0.446. The number of anilines is 1. The van der Waals surface area contributed by atoms with Gasteiger partial charge in [-0.05, 0) is 37.8 Å². The first kappa shape index (κ1) is 10.9. The lowest BCUT2D eigenvalue weighted by Crippen LogP contribution is -2.13. The minimum Gasteiger partial charge on any atom is -0.398 e. The van der Waals surface area contributed by atoms with Crippen LogP contribution in [0.4, 0.5) is 5.69 Å². The normalized spacial score (nSPS) is 11.0. The van der Waals surface area contributed by atoms with Crippen molar-refractivity contribution >= 4 is 17.4 Å². The monoisotopic (exact) mass is 206 g/mol. The zero-order chi connectivity index (χ0) is 10.8. The number of nitriles is 1. The Hall–Kier alpha value is -1.14. The Morgan fingerprint density at radius 2 is 2.07 bits per heavy atom. The van der Waals surface area contributed by atoms with E-state index in [2.05, 4.69) is 6.07 Å². The Bertz CT molecular complexity index is 377. The number of nitrogens with zero attached hydrogens (tertiary/aromatic N) is 1. The molecule has 0 aliphatic heterocycles. The molecule has 0 unspecified atom stereocenters. The maximum atomic E-state index is 8.99. The molecule has 1 aromatic carbocycles. The van der Waals surface area contributed by atoms with Gasteiger partial charge in [0.05, 0.1) is 11.5 Å². The molecule has 0 aliphatic rings. The predicted molar refractivity (Wildman–Crippen MR) is 61.3 cm³/mol. The lowest BCUT2D eigenvalue weighted by Gasteiger charge is -2.17. The van der Waals surface area contributed by atoms with Crippen LogP contribution in [-0.2, 0) is 5.41 Å². The smallest absolute Gasteiger partial charge is 0.0766 e. The van der Waals surface area contributed by atoms with E-state index in [1.807, 2.05) is 38.3 Å². The molecular formula is C11H14N2S. The molecule has 1 aromatic rings. The number of hydrogen-bond donors (Lipinski definition) is 1. The Balaban J connectivity index is 3.21. The van der Waals surface area contributed by atoms with Gasteiger partial charge in [0.15, 0.2) is 0 Å². The molecule has 0 aromatic heterocycles. The summed E-state index contributed by atoms with van der Waals surface area (Å²) in [6.07, 6.45) is 1.98. The van der Waals surface area contributed by atoms with E-state index in [9.17, 15) is 0 Å². The van der Waals surface area contributed by atoms with Crippen LogP contribution in [0.2, 0.25) is 0 Å². The highest BCUT2D eigenvalue weighted by atomic mass is 32.2. The molecule has 0 spiro atoms. The minimum atomic E-state index is -0.446. The fraction of sp³-hybridized carbons (Fsp3) is 0.364. The summed E-state index contributed by atoms with van der Waals surface area (Å²) in [6, 6.07) is 8.04. The van der Waals surface area contributed by atoms with E-state index < -0.39 is 5.41 Å². The summed E-state index contributed by atoms with van der Waals surface area (Å²) in [5.41, 5.74) is 7.12. The third kappa shape index (κ3) is 2.02. The fourth-order valence-corrected chi connectivity index (χ4v) is 1.71. The molecule has 1 rings (SSSR count). The average Bonchev–Trinajstić information content (AvgIpc) is 2.18. The van der Waals surface area contributed by atoms with Crippen LogP contribution in [-0.4, -0.2) is 6.26 Å². The van der Waals surface area contributed by atoms with Crippen molar-refractivity contribution in [1.82, 2.24) is 0 Å². The second-order valence-corrected chi connectivity index (χ2v) is 4.54. The zero-order valence-corrected chi connectivity index (χ0v) is 9.48. The number of hydrogen-bond acceptors (Lipinski definition) is 3. The highest BCUT2D eigenvalue weighted by molar-refractivity contribution is 7.98. The predicted octanol–water partition coefficient (Wildman–Crippen LogP) is 2.79. The van der Waals surface area contributed by atoms with E-state index in [1.54, 1.807) is 11.8 Å². The quantitative estimate of drug-likeness (QED) is 0.598. The topological polar surface area (TPSA) is 49.8 Å². The highest BCUT2D eigenvalue weighted by Crippen LogP contribution is 2.29. The molecule has 0 aliphatic carbocycles. The molecule has 0 saturated heterocycles. The standard InChI is InChI=1S/C11H14N2S/c1-11(2,7-12)8-4-5-9(13)10(6-8)14-3/h4-6H,13H2,1-3H3. The molecule has 0 bridgehead atoms. The molecule has 74 valence electrons. The second kappa shape index (κ2) is 3.93.